The number of carbonyl (C=O) groups excluding carboxylic acids is 1. The van der Waals surface area contributed by atoms with Crippen LogP contribution >= 0.6 is 0 Å². The first-order chi connectivity index (χ1) is 11.7. The second kappa shape index (κ2) is 18.0. The minimum atomic E-state index is -0.266. The summed E-state index contributed by atoms with van der Waals surface area (Å²) in [6, 6.07) is 0. The molecular formula is C22H38O2. The van der Waals surface area contributed by atoms with E-state index in [1.54, 1.807) is 6.92 Å². The van der Waals surface area contributed by atoms with Gasteiger partial charge in [-0.3, -0.25) is 0 Å². The zero-order valence-electron chi connectivity index (χ0n) is 16.0. The van der Waals surface area contributed by atoms with Gasteiger partial charge in [-0.15, -0.1) is 0 Å². The maximum Gasteiger partial charge on any atom is 0.333 e. The van der Waals surface area contributed by atoms with Crippen molar-refractivity contribution in [1.82, 2.24) is 0 Å². The van der Waals surface area contributed by atoms with Crippen LogP contribution in [0.5, 0.6) is 0 Å². The van der Waals surface area contributed by atoms with Crippen LogP contribution in [-0.4, -0.2) is 12.6 Å². The maximum absolute atomic E-state index is 11.2. The molecular weight excluding hydrogens is 296 g/mol. The summed E-state index contributed by atoms with van der Waals surface area (Å²) in [5.41, 5.74) is 0.482. The fourth-order valence-corrected chi connectivity index (χ4v) is 2.38. The largest absolute Gasteiger partial charge is 0.462 e. The normalized spacial score (nSPS) is 11.4. The smallest absolute Gasteiger partial charge is 0.333 e. The van der Waals surface area contributed by atoms with Crippen molar-refractivity contribution in [3.63, 3.8) is 0 Å². The van der Waals surface area contributed by atoms with Crippen molar-refractivity contribution in [2.75, 3.05) is 6.61 Å². The first kappa shape index (κ1) is 22.7. The van der Waals surface area contributed by atoms with Crippen molar-refractivity contribution in [3.05, 3.63) is 36.5 Å². The van der Waals surface area contributed by atoms with Gasteiger partial charge >= 0.3 is 5.97 Å². The first-order valence-electron chi connectivity index (χ1n) is 9.81. The van der Waals surface area contributed by atoms with Gasteiger partial charge in [-0.25, -0.2) is 4.79 Å². The molecule has 2 nitrogen and oxygen atoms in total. The molecule has 0 heterocycles. The number of hydrogen-bond acceptors (Lipinski definition) is 2. The zero-order valence-corrected chi connectivity index (χ0v) is 16.0. The minimum absolute atomic E-state index is 0.266. The van der Waals surface area contributed by atoms with Gasteiger partial charge in [-0.1, -0.05) is 76.3 Å². The van der Waals surface area contributed by atoms with Crippen LogP contribution in [0.3, 0.4) is 0 Å². The summed E-state index contributed by atoms with van der Waals surface area (Å²) in [5, 5.41) is 0. The number of esters is 1. The Kier molecular flexibility index (Phi) is 17.1. The van der Waals surface area contributed by atoms with E-state index in [0.717, 1.165) is 19.3 Å². The van der Waals surface area contributed by atoms with Crippen LogP contribution in [0.4, 0.5) is 0 Å². The standard InChI is InChI=1S/C22H38O2/c1-4-5-6-7-8-9-10-11-12-13-14-15-16-17-18-19-20-24-22(23)21(2)3/h8-9,11-12H,2,4-7,10,13-20H2,1,3H3/b9-8?,12-11-. The molecule has 24 heavy (non-hydrogen) atoms. The van der Waals surface area contributed by atoms with Gasteiger partial charge < -0.3 is 4.74 Å². The highest BCUT2D eigenvalue weighted by atomic mass is 16.5. The second-order valence-electron chi connectivity index (χ2n) is 6.50. The molecule has 0 aliphatic carbocycles. The number of carbonyl (C=O) groups is 1. The Labute approximate surface area is 150 Å². The van der Waals surface area contributed by atoms with Gasteiger partial charge in [-0.05, 0) is 45.4 Å². The molecule has 0 N–H and O–H groups in total. The molecule has 0 aromatic heterocycles. The molecule has 0 spiro atoms. The van der Waals surface area contributed by atoms with Crippen molar-refractivity contribution < 1.29 is 9.53 Å². The second-order valence-corrected chi connectivity index (χ2v) is 6.50. The van der Waals surface area contributed by atoms with E-state index in [1.165, 1.54) is 57.8 Å². The molecule has 0 aromatic rings. The minimum Gasteiger partial charge on any atom is -0.462 e. The van der Waals surface area contributed by atoms with Crippen LogP contribution in [0.15, 0.2) is 36.5 Å². The zero-order chi connectivity index (χ0) is 17.9. The molecule has 0 aliphatic rings. The number of rotatable bonds is 16. The molecule has 0 atom stereocenters. The Morgan fingerprint density at radius 3 is 1.96 bits per heavy atom. The van der Waals surface area contributed by atoms with Crippen LogP contribution < -0.4 is 0 Å². The third-order valence-electron chi connectivity index (χ3n) is 3.93. The monoisotopic (exact) mass is 334 g/mol. The quantitative estimate of drug-likeness (QED) is 0.132. The van der Waals surface area contributed by atoms with Gasteiger partial charge in [0.25, 0.3) is 0 Å². The van der Waals surface area contributed by atoms with Gasteiger partial charge in [0.2, 0.25) is 0 Å². The van der Waals surface area contributed by atoms with E-state index in [-0.39, 0.29) is 5.97 Å². The lowest BCUT2D eigenvalue weighted by atomic mass is 10.1. The Balaban J connectivity index is 3.23. The molecule has 138 valence electrons. The van der Waals surface area contributed by atoms with Crippen LogP contribution in [-0.2, 0) is 9.53 Å². The Bertz CT molecular complexity index is 366. The van der Waals surface area contributed by atoms with Gasteiger partial charge in [0.15, 0.2) is 0 Å². The van der Waals surface area contributed by atoms with E-state index in [1.807, 2.05) is 0 Å². The van der Waals surface area contributed by atoms with Gasteiger partial charge in [0.1, 0.15) is 0 Å². The van der Waals surface area contributed by atoms with Crippen LogP contribution in [0, 0.1) is 0 Å². The summed E-state index contributed by atoms with van der Waals surface area (Å²) < 4.78 is 5.07. The molecule has 0 bridgehead atoms. The van der Waals surface area contributed by atoms with E-state index in [4.69, 9.17) is 4.74 Å². The highest BCUT2D eigenvalue weighted by Crippen LogP contribution is 2.08. The maximum atomic E-state index is 11.2. The lowest BCUT2D eigenvalue weighted by molar-refractivity contribution is -0.139. The Morgan fingerprint density at radius 2 is 1.38 bits per heavy atom. The number of unbranched alkanes of at least 4 members (excludes halogenated alkanes) is 9. The molecule has 0 unspecified atom stereocenters. The molecule has 0 aromatic carbocycles. The van der Waals surface area contributed by atoms with Crippen LogP contribution in [0.25, 0.3) is 0 Å². The lowest BCUT2D eigenvalue weighted by Crippen LogP contribution is -2.05. The Morgan fingerprint density at radius 1 is 0.833 bits per heavy atom. The molecule has 0 saturated carbocycles. The topological polar surface area (TPSA) is 26.3 Å². The van der Waals surface area contributed by atoms with Crippen molar-refractivity contribution in [3.8, 4) is 0 Å². The third-order valence-corrected chi connectivity index (χ3v) is 3.93. The fraction of sp³-hybridized carbons (Fsp3) is 0.682. The Hall–Kier alpha value is -1.31. The molecule has 0 aliphatic heterocycles. The highest BCUT2D eigenvalue weighted by Gasteiger charge is 2.01. The summed E-state index contributed by atoms with van der Waals surface area (Å²) >= 11 is 0. The molecule has 0 fully saturated rings. The summed E-state index contributed by atoms with van der Waals surface area (Å²) in [5.74, 6) is -0.266. The van der Waals surface area contributed by atoms with E-state index < -0.39 is 0 Å². The van der Waals surface area contributed by atoms with E-state index in [9.17, 15) is 4.79 Å². The van der Waals surface area contributed by atoms with Crippen LogP contribution in [0.1, 0.15) is 90.9 Å². The average Bonchev–Trinajstić information content (AvgIpc) is 2.57. The van der Waals surface area contributed by atoms with E-state index in [2.05, 4.69) is 37.8 Å². The summed E-state index contributed by atoms with van der Waals surface area (Å²) in [7, 11) is 0. The molecule has 0 amide bonds. The van der Waals surface area contributed by atoms with E-state index in [0.29, 0.717) is 12.2 Å². The number of hydrogen-bond donors (Lipinski definition) is 0. The van der Waals surface area contributed by atoms with Crippen molar-refractivity contribution in [2.24, 2.45) is 0 Å². The van der Waals surface area contributed by atoms with Gasteiger partial charge in [0, 0.05) is 5.57 Å². The van der Waals surface area contributed by atoms with Crippen molar-refractivity contribution in [2.45, 2.75) is 90.9 Å². The summed E-state index contributed by atoms with van der Waals surface area (Å²) in [6.45, 7) is 8.02. The molecule has 0 radical (unpaired) electrons. The van der Waals surface area contributed by atoms with Crippen molar-refractivity contribution in [1.29, 1.82) is 0 Å². The van der Waals surface area contributed by atoms with Crippen LogP contribution in [0.2, 0.25) is 0 Å². The number of ether oxygens (including phenoxy) is 1. The lowest BCUT2D eigenvalue weighted by Gasteiger charge is -2.04. The molecule has 0 rings (SSSR count). The third kappa shape index (κ3) is 17.1. The van der Waals surface area contributed by atoms with Crippen molar-refractivity contribution >= 4 is 5.97 Å². The summed E-state index contributed by atoms with van der Waals surface area (Å²) in [6.07, 6.45) is 23.9. The average molecular weight is 335 g/mol. The predicted molar refractivity (Wildman–Crippen MR) is 105 cm³/mol. The van der Waals surface area contributed by atoms with E-state index >= 15 is 0 Å². The molecule has 2 heteroatoms. The summed E-state index contributed by atoms with van der Waals surface area (Å²) in [4.78, 5) is 11.2. The van der Waals surface area contributed by atoms with Gasteiger partial charge in [-0.2, -0.15) is 0 Å². The predicted octanol–water partition coefficient (Wildman–Crippen LogP) is 6.92. The first-order valence-corrected chi connectivity index (χ1v) is 9.81. The molecule has 0 saturated heterocycles. The SMILES string of the molecule is C=C(C)C(=O)OCCCCCCCC/C=C\CC=CCCCCC. The highest BCUT2D eigenvalue weighted by molar-refractivity contribution is 5.86. The fourth-order valence-electron chi connectivity index (χ4n) is 2.38. The number of allylic oxidation sites excluding steroid dienone is 4. The van der Waals surface area contributed by atoms with Gasteiger partial charge in [0.05, 0.1) is 6.61 Å².